The van der Waals surface area contributed by atoms with Crippen molar-refractivity contribution < 1.29 is 9.90 Å². The van der Waals surface area contributed by atoms with Crippen molar-refractivity contribution in [3.63, 3.8) is 0 Å². The fraction of sp³-hybridized carbons (Fsp3) is 0.385. The van der Waals surface area contributed by atoms with Gasteiger partial charge in [0, 0.05) is 12.2 Å². The molecule has 18 heavy (non-hydrogen) atoms. The summed E-state index contributed by atoms with van der Waals surface area (Å²) in [6.07, 6.45) is 4.19. The van der Waals surface area contributed by atoms with Crippen LogP contribution in [0, 0.1) is 5.41 Å². The molecule has 0 bridgehead atoms. The number of carbonyl (C=O) groups is 1. The Morgan fingerprint density at radius 3 is 3.00 bits per heavy atom. The molecule has 1 heterocycles. The lowest BCUT2D eigenvalue weighted by atomic mass is 9.69. The lowest BCUT2D eigenvalue weighted by Gasteiger charge is -2.37. The molecule has 1 saturated carbocycles. The monoisotopic (exact) mass is 245 g/mol. The van der Waals surface area contributed by atoms with E-state index in [0.717, 1.165) is 36.0 Å². The van der Waals surface area contributed by atoms with Gasteiger partial charge in [0.05, 0.1) is 22.8 Å². The molecule has 0 aliphatic heterocycles. The number of carboxylic acids is 1. The number of aliphatic carboxylic acids is 1. The number of rotatable bonds is 4. The molecule has 0 atom stereocenters. The van der Waals surface area contributed by atoms with Crippen LogP contribution >= 0.6 is 0 Å². The van der Waals surface area contributed by atoms with E-state index in [9.17, 15) is 9.90 Å². The van der Waals surface area contributed by atoms with Crippen LogP contribution in [0.15, 0.2) is 24.5 Å². The zero-order valence-electron chi connectivity index (χ0n) is 9.94. The summed E-state index contributed by atoms with van der Waals surface area (Å²) >= 11 is 0. The molecule has 0 radical (unpaired) electrons. The lowest BCUT2D eigenvalue weighted by molar-refractivity contribution is -0.153. The highest BCUT2D eigenvalue weighted by Gasteiger charge is 2.44. The highest BCUT2D eigenvalue weighted by molar-refractivity contribution is 5.79. The van der Waals surface area contributed by atoms with Gasteiger partial charge in [-0.25, -0.2) is 4.98 Å². The number of hydrogen-bond donors (Lipinski definition) is 3. The number of H-pyrrole nitrogens is 1. The zero-order chi connectivity index (χ0) is 12.6. The average Bonchev–Trinajstić information content (AvgIpc) is 2.74. The molecule has 1 aliphatic carbocycles. The predicted molar refractivity (Wildman–Crippen MR) is 68.5 cm³/mol. The molecular weight excluding hydrogens is 230 g/mol. The number of nitrogens with one attached hydrogen (secondary N) is 2. The molecule has 1 aromatic heterocycles. The van der Waals surface area contributed by atoms with Gasteiger partial charge >= 0.3 is 5.97 Å². The Balaban J connectivity index is 1.74. The van der Waals surface area contributed by atoms with Gasteiger partial charge in [-0.2, -0.15) is 0 Å². The van der Waals surface area contributed by atoms with Crippen LogP contribution in [-0.4, -0.2) is 27.6 Å². The van der Waals surface area contributed by atoms with E-state index in [1.54, 1.807) is 6.33 Å². The minimum absolute atomic E-state index is 0.488. The molecule has 0 saturated heterocycles. The van der Waals surface area contributed by atoms with E-state index in [0.29, 0.717) is 6.54 Å². The first-order chi connectivity index (χ1) is 8.70. The van der Waals surface area contributed by atoms with Crippen LogP contribution in [0.5, 0.6) is 0 Å². The molecule has 5 nitrogen and oxygen atoms in total. The number of hydrogen-bond acceptors (Lipinski definition) is 3. The third-order valence-corrected chi connectivity index (χ3v) is 3.82. The number of imidazole rings is 1. The Bertz CT molecular complexity index is 587. The number of benzene rings is 1. The van der Waals surface area contributed by atoms with Gasteiger partial charge in [0.1, 0.15) is 0 Å². The first-order valence-corrected chi connectivity index (χ1v) is 6.10. The summed E-state index contributed by atoms with van der Waals surface area (Å²) in [5.41, 5.74) is 2.23. The van der Waals surface area contributed by atoms with Crippen molar-refractivity contribution in [3.05, 3.63) is 24.5 Å². The normalized spacial score (nSPS) is 17.3. The maximum Gasteiger partial charge on any atom is 0.311 e. The van der Waals surface area contributed by atoms with Crippen LogP contribution in [0.25, 0.3) is 11.0 Å². The van der Waals surface area contributed by atoms with Gasteiger partial charge in [-0.15, -0.1) is 0 Å². The van der Waals surface area contributed by atoms with Crippen molar-refractivity contribution in [1.29, 1.82) is 0 Å². The minimum atomic E-state index is -0.691. The van der Waals surface area contributed by atoms with Crippen molar-refractivity contribution in [1.82, 2.24) is 9.97 Å². The van der Waals surface area contributed by atoms with Crippen molar-refractivity contribution in [2.24, 2.45) is 5.41 Å². The minimum Gasteiger partial charge on any atom is -0.481 e. The van der Waals surface area contributed by atoms with E-state index in [1.165, 1.54) is 0 Å². The van der Waals surface area contributed by atoms with Crippen molar-refractivity contribution in [3.8, 4) is 0 Å². The van der Waals surface area contributed by atoms with Crippen LogP contribution in [0.3, 0.4) is 0 Å². The van der Waals surface area contributed by atoms with E-state index >= 15 is 0 Å². The summed E-state index contributed by atoms with van der Waals surface area (Å²) in [6, 6.07) is 5.80. The fourth-order valence-electron chi connectivity index (χ4n) is 2.39. The highest BCUT2D eigenvalue weighted by Crippen LogP contribution is 2.41. The number of carboxylic acid groups (broad SMARTS) is 1. The lowest BCUT2D eigenvalue weighted by Crippen LogP contribution is -2.43. The molecule has 1 fully saturated rings. The van der Waals surface area contributed by atoms with E-state index in [2.05, 4.69) is 15.3 Å². The van der Waals surface area contributed by atoms with Gasteiger partial charge < -0.3 is 15.4 Å². The molecule has 0 spiro atoms. The molecule has 1 aliphatic rings. The first-order valence-electron chi connectivity index (χ1n) is 6.10. The van der Waals surface area contributed by atoms with Crippen molar-refractivity contribution >= 4 is 22.7 Å². The van der Waals surface area contributed by atoms with Crippen LogP contribution < -0.4 is 5.32 Å². The second-order valence-corrected chi connectivity index (χ2v) is 4.93. The Kier molecular flexibility index (Phi) is 2.47. The van der Waals surface area contributed by atoms with E-state index < -0.39 is 11.4 Å². The van der Waals surface area contributed by atoms with Crippen LogP contribution in [0.2, 0.25) is 0 Å². The number of anilines is 1. The number of nitrogens with zero attached hydrogens (tertiary/aromatic N) is 1. The number of aromatic amines is 1. The van der Waals surface area contributed by atoms with Crippen molar-refractivity contribution in [2.75, 3.05) is 11.9 Å². The third-order valence-electron chi connectivity index (χ3n) is 3.82. The number of fused-ring (bicyclic) bond motifs is 1. The molecular formula is C13H15N3O2. The molecule has 3 rings (SSSR count). The van der Waals surface area contributed by atoms with Gasteiger partial charge in [0.25, 0.3) is 0 Å². The molecule has 0 amide bonds. The molecule has 2 aromatic rings. The second kappa shape index (κ2) is 4.01. The Morgan fingerprint density at radius 2 is 2.33 bits per heavy atom. The predicted octanol–water partition coefficient (Wildman–Crippen LogP) is 2.23. The average molecular weight is 245 g/mol. The topological polar surface area (TPSA) is 78.0 Å². The summed E-state index contributed by atoms with van der Waals surface area (Å²) in [6.45, 7) is 0.488. The van der Waals surface area contributed by atoms with E-state index in [4.69, 9.17) is 0 Å². The van der Waals surface area contributed by atoms with Gasteiger partial charge in [0.15, 0.2) is 0 Å². The summed E-state index contributed by atoms with van der Waals surface area (Å²) < 4.78 is 0. The van der Waals surface area contributed by atoms with Crippen LogP contribution in [-0.2, 0) is 4.79 Å². The quantitative estimate of drug-likeness (QED) is 0.771. The molecule has 3 N–H and O–H groups in total. The smallest absolute Gasteiger partial charge is 0.311 e. The van der Waals surface area contributed by atoms with Gasteiger partial charge in [-0.1, -0.05) is 6.42 Å². The van der Waals surface area contributed by atoms with Gasteiger partial charge in [-0.05, 0) is 31.0 Å². The maximum atomic E-state index is 11.2. The SMILES string of the molecule is O=C(O)C1(CNc2ccc3nc[nH]c3c2)CCC1. The fourth-order valence-corrected chi connectivity index (χ4v) is 2.39. The van der Waals surface area contributed by atoms with Crippen LogP contribution in [0.1, 0.15) is 19.3 Å². The molecule has 1 aromatic carbocycles. The Morgan fingerprint density at radius 1 is 1.50 bits per heavy atom. The molecule has 0 unspecified atom stereocenters. The molecule has 94 valence electrons. The number of aromatic nitrogens is 2. The first kappa shape index (κ1) is 11.1. The summed E-state index contributed by atoms with van der Waals surface area (Å²) in [4.78, 5) is 18.4. The summed E-state index contributed by atoms with van der Waals surface area (Å²) in [5, 5.41) is 12.5. The van der Waals surface area contributed by atoms with Gasteiger partial charge in [0.2, 0.25) is 0 Å². The summed E-state index contributed by atoms with van der Waals surface area (Å²) in [7, 11) is 0. The standard InChI is InChI=1S/C13H15N3O2/c17-12(18)13(4-1-5-13)7-14-9-2-3-10-11(6-9)16-8-15-10/h2-3,6,8,14H,1,4-5,7H2,(H,15,16)(H,17,18). The van der Waals surface area contributed by atoms with Crippen LogP contribution in [0.4, 0.5) is 5.69 Å². The highest BCUT2D eigenvalue weighted by atomic mass is 16.4. The van der Waals surface area contributed by atoms with Crippen molar-refractivity contribution in [2.45, 2.75) is 19.3 Å². The Hall–Kier alpha value is -2.04. The zero-order valence-corrected chi connectivity index (χ0v) is 9.94. The van der Waals surface area contributed by atoms with Gasteiger partial charge in [-0.3, -0.25) is 4.79 Å². The maximum absolute atomic E-state index is 11.2. The Labute approximate surface area is 104 Å². The van der Waals surface area contributed by atoms with E-state index in [-0.39, 0.29) is 0 Å². The second-order valence-electron chi connectivity index (χ2n) is 4.93. The van der Waals surface area contributed by atoms with E-state index in [1.807, 2.05) is 18.2 Å². The summed E-state index contributed by atoms with van der Waals surface area (Å²) in [5.74, 6) is -0.691. The largest absolute Gasteiger partial charge is 0.481 e. The third kappa shape index (κ3) is 1.72. The molecule has 5 heteroatoms.